The molecule has 0 saturated carbocycles. The molecule has 0 spiro atoms. The molecule has 3 aromatic carbocycles. The summed E-state index contributed by atoms with van der Waals surface area (Å²) in [6.45, 7) is 7.34. The molecular weight excluding hydrogens is 466 g/mol. The number of aliphatic imine (C=N–C) groups is 1. The highest BCUT2D eigenvalue weighted by Gasteiger charge is 2.22. The first-order valence-corrected chi connectivity index (χ1v) is 12.7. The highest BCUT2D eigenvalue weighted by molar-refractivity contribution is 7.20. The van der Waals surface area contributed by atoms with Crippen LogP contribution in [0.3, 0.4) is 0 Å². The van der Waals surface area contributed by atoms with E-state index in [-0.39, 0.29) is 5.91 Å². The van der Waals surface area contributed by atoms with Crippen LogP contribution in [0.2, 0.25) is 0 Å². The molecule has 1 saturated heterocycles. The Morgan fingerprint density at radius 2 is 1.75 bits per heavy atom. The van der Waals surface area contributed by atoms with E-state index in [4.69, 9.17) is 5.73 Å². The Hall–Kier alpha value is -3.94. The van der Waals surface area contributed by atoms with Gasteiger partial charge in [-0.05, 0) is 48.5 Å². The maximum atomic E-state index is 13.0. The lowest BCUT2D eigenvalue weighted by atomic mass is 10.1. The molecule has 1 fully saturated rings. The third kappa shape index (κ3) is 5.17. The van der Waals surface area contributed by atoms with Gasteiger partial charge in [0.15, 0.2) is 0 Å². The Labute approximate surface area is 215 Å². The number of benzene rings is 3. The molecule has 6 nitrogen and oxygen atoms in total. The van der Waals surface area contributed by atoms with Crippen molar-refractivity contribution in [3.05, 3.63) is 95.6 Å². The molecule has 1 aliphatic rings. The van der Waals surface area contributed by atoms with Crippen LogP contribution in [0, 0.1) is 0 Å². The zero-order valence-corrected chi connectivity index (χ0v) is 21.1. The first kappa shape index (κ1) is 23.8. The van der Waals surface area contributed by atoms with Gasteiger partial charge in [-0.1, -0.05) is 49.0 Å². The van der Waals surface area contributed by atoms with Crippen molar-refractivity contribution in [3.63, 3.8) is 0 Å². The zero-order chi connectivity index (χ0) is 25.1. The average Bonchev–Trinajstić information content (AvgIpc) is 3.34. The summed E-state index contributed by atoms with van der Waals surface area (Å²) >= 11 is 1.49. The summed E-state index contributed by atoms with van der Waals surface area (Å²) < 4.78 is 0.997. The normalized spacial score (nSPS) is 14.4. The maximum Gasteiger partial charge on any atom is 0.264 e. The molecule has 182 valence electrons. The minimum atomic E-state index is 0.0780. The minimum Gasteiger partial charge on any atom is -0.398 e. The minimum absolute atomic E-state index is 0.0780. The Kier molecular flexibility index (Phi) is 6.84. The van der Waals surface area contributed by atoms with Crippen molar-refractivity contribution in [2.24, 2.45) is 4.99 Å². The summed E-state index contributed by atoms with van der Waals surface area (Å²) in [7, 11) is 2.08. The van der Waals surface area contributed by atoms with E-state index in [0.29, 0.717) is 11.5 Å². The number of rotatable bonds is 6. The first-order valence-electron chi connectivity index (χ1n) is 11.9. The van der Waals surface area contributed by atoms with Crippen LogP contribution in [0.1, 0.15) is 15.2 Å². The van der Waals surface area contributed by atoms with Crippen LogP contribution in [0.15, 0.2) is 90.2 Å². The summed E-state index contributed by atoms with van der Waals surface area (Å²) in [4.78, 5) is 22.4. The number of amides is 1. The quantitative estimate of drug-likeness (QED) is 0.272. The number of nitrogens with two attached hydrogens (primary N) is 1. The van der Waals surface area contributed by atoms with E-state index in [1.54, 1.807) is 6.21 Å². The molecule has 0 radical (unpaired) electrons. The molecule has 5 rings (SSSR count). The molecule has 1 aromatic heterocycles. The summed E-state index contributed by atoms with van der Waals surface area (Å²) in [5.41, 5.74) is 11.1. The Balaban J connectivity index is 1.29. The zero-order valence-electron chi connectivity index (χ0n) is 20.3. The SMILES string of the molecule is C=C(/N=C\c1ccc2sc(C(=O)N3CCN(C)CC3)cc2c1N)Nc1cccc(-c2ccccc2)c1. The van der Waals surface area contributed by atoms with Gasteiger partial charge in [-0.25, -0.2) is 4.99 Å². The molecular formula is C29H29N5OS. The van der Waals surface area contributed by atoms with Crippen LogP contribution in [-0.2, 0) is 0 Å². The summed E-state index contributed by atoms with van der Waals surface area (Å²) in [6, 6.07) is 24.2. The number of carbonyl (C=O) groups excluding carboxylic acids is 1. The van der Waals surface area contributed by atoms with Crippen molar-refractivity contribution in [3.8, 4) is 11.1 Å². The fourth-order valence-electron chi connectivity index (χ4n) is 4.29. The van der Waals surface area contributed by atoms with E-state index in [1.165, 1.54) is 11.3 Å². The lowest BCUT2D eigenvalue weighted by molar-refractivity contribution is 0.0669. The largest absolute Gasteiger partial charge is 0.398 e. The number of likely N-dealkylation sites (N-methyl/N-ethyl adjacent to an activating group) is 1. The molecule has 7 heteroatoms. The van der Waals surface area contributed by atoms with E-state index in [0.717, 1.165) is 63.5 Å². The van der Waals surface area contributed by atoms with Crippen LogP contribution in [-0.4, -0.2) is 55.1 Å². The van der Waals surface area contributed by atoms with Gasteiger partial charge in [-0.3, -0.25) is 4.79 Å². The van der Waals surface area contributed by atoms with Gasteiger partial charge < -0.3 is 20.9 Å². The van der Waals surface area contributed by atoms with Crippen molar-refractivity contribution in [1.82, 2.24) is 9.80 Å². The van der Waals surface area contributed by atoms with Gasteiger partial charge >= 0.3 is 0 Å². The van der Waals surface area contributed by atoms with Crippen molar-refractivity contribution in [1.29, 1.82) is 0 Å². The Bertz CT molecular complexity index is 1430. The summed E-state index contributed by atoms with van der Waals surface area (Å²) in [5.74, 6) is 0.588. The van der Waals surface area contributed by atoms with Gasteiger partial charge in [0, 0.05) is 59.4 Å². The van der Waals surface area contributed by atoms with Crippen molar-refractivity contribution in [2.45, 2.75) is 0 Å². The van der Waals surface area contributed by atoms with Gasteiger partial charge in [-0.2, -0.15) is 0 Å². The number of piperazine rings is 1. The van der Waals surface area contributed by atoms with E-state index in [1.807, 2.05) is 53.4 Å². The highest BCUT2D eigenvalue weighted by atomic mass is 32.1. The predicted molar refractivity (Wildman–Crippen MR) is 152 cm³/mol. The molecule has 1 aliphatic heterocycles. The van der Waals surface area contributed by atoms with Gasteiger partial charge in [0.25, 0.3) is 5.91 Å². The van der Waals surface area contributed by atoms with Crippen LogP contribution < -0.4 is 11.1 Å². The molecule has 2 heterocycles. The van der Waals surface area contributed by atoms with E-state index in [2.05, 4.69) is 53.1 Å². The van der Waals surface area contributed by atoms with Crippen LogP contribution in [0.5, 0.6) is 0 Å². The fourth-order valence-corrected chi connectivity index (χ4v) is 5.33. The summed E-state index contributed by atoms with van der Waals surface area (Å²) in [5, 5.41) is 4.14. The highest BCUT2D eigenvalue weighted by Crippen LogP contribution is 2.32. The number of hydrogen-bond acceptors (Lipinski definition) is 6. The molecule has 3 N–H and O–H groups in total. The Morgan fingerprint density at radius 3 is 2.53 bits per heavy atom. The molecule has 36 heavy (non-hydrogen) atoms. The fraction of sp³-hybridized carbons (Fsp3) is 0.172. The third-order valence-electron chi connectivity index (χ3n) is 6.40. The van der Waals surface area contributed by atoms with E-state index in [9.17, 15) is 4.79 Å². The van der Waals surface area contributed by atoms with Crippen molar-refractivity contribution < 1.29 is 4.79 Å². The topological polar surface area (TPSA) is 74.0 Å². The first-order chi connectivity index (χ1) is 17.5. The molecule has 1 amide bonds. The maximum absolute atomic E-state index is 13.0. The molecule has 0 bridgehead atoms. The van der Waals surface area contributed by atoms with Crippen LogP contribution in [0.25, 0.3) is 21.2 Å². The van der Waals surface area contributed by atoms with Gasteiger partial charge in [0.2, 0.25) is 0 Å². The van der Waals surface area contributed by atoms with Gasteiger partial charge in [0.1, 0.15) is 5.82 Å². The second-order valence-electron chi connectivity index (χ2n) is 8.96. The predicted octanol–water partition coefficient (Wildman–Crippen LogP) is 5.54. The number of fused-ring (bicyclic) bond motifs is 1. The van der Waals surface area contributed by atoms with Crippen molar-refractivity contribution in [2.75, 3.05) is 44.3 Å². The second-order valence-corrected chi connectivity index (χ2v) is 10.0. The van der Waals surface area contributed by atoms with Gasteiger partial charge in [0.05, 0.1) is 4.88 Å². The number of nitrogen functional groups attached to an aromatic ring is 1. The average molecular weight is 496 g/mol. The molecule has 4 aromatic rings. The van der Waals surface area contributed by atoms with E-state index < -0.39 is 0 Å². The number of thiophene rings is 1. The molecule has 0 aliphatic carbocycles. The number of hydrogen-bond donors (Lipinski definition) is 2. The van der Waals surface area contributed by atoms with Crippen LogP contribution in [0.4, 0.5) is 11.4 Å². The van der Waals surface area contributed by atoms with E-state index >= 15 is 0 Å². The number of carbonyl (C=O) groups is 1. The second kappa shape index (κ2) is 10.4. The van der Waals surface area contributed by atoms with Crippen molar-refractivity contribution >= 4 is 44.9 Å². The summed E-state index contributed by atoms with van der Waals surface area (Å²) in [6.07, 6.45) is 1.71. The lowest BCUT2D eigenvalue weighted by Gasteiger charge is -2.32. The molecule has 0 atom stereocenters. The number of nitrogens with zero attached hydrogens (tertiary/aromatic N) is 3. The number of nitrogens with one attached hydrogen (secondary N) is 1. The standard InChI is InChI=1S/C29H29N5OS/c1-20(32-24-10-6-9-22(17-24)21-7-4-3-5-8-21)31-19-23-11-12-26-25(28(23)30)18-27(36-26)29(35)34-15-13-33(2)14-16-34/h3-12,17-19,32H,1,13-16,30H2,2H3/b31-19-. The van der Waals surface area contributed by atoms with Gasteiger partial charge in [-0.15, -0.1) is 11.3 Å². The lowest BCUT2D eigenvalue weighted by Crippen LogP contribution is -2.46. The number of anilines is 2. The third-order valence-corrected chi connectivity index (χ3v) is 7.48. The van der Waals surface area contributed by atoms with Crippen LogP contribution >= 0.6 is 11.3 Å². The smallest absolute Gasteiger partial charge is 0.264 e. The molecule has 0 unspecified atom stereocenters. The monoisotopic (exact) mass is 495 g/mol. The Morgan fingerprint density at radius 1 is 1.00 bits per heavy atom.